The van der Waals surface area contributed by atoms with Crippen molar-refractivity contribution in [3.8, 4) is 0 Å². The first kappa shape index (κ1) is 21.2. The maximum Gasteiger partial charge on any atom is 0.241 e. The highest BCUT2D eigenvalue weighted by Crippen LogP contribution is 2.20. The van der Waals surface area contributed by atoms with Gasteiger partial charge >= 0.3 is 0 Å². The van der Waals surface area contributed by atoms with Crippen molar-refractivity contribution in [1.82, 2.24) is 15.5 Å². The maximum atomic E-state index is 12.1. The molecule has 0 bridgehead atoms. The largest absolute Gasteiger partial charge is 0.347 e. The van der Waals surface area contributed by atoms with Crippen LogP contribution in [0.1, 0.15) is 46.5 Å². The summed E-state index contributed by atoms with van der Waals surface area (Å²) in [5, 5.41) is 5.91. The average Bonchev–Trinajstić information content (AvgIpc) is 2.41. The molecule has 0 spiro atoms. The van der Waals surface area contributed by atoms with Gasteiger partial charge in [-0.1, -0.05) is 20.8 Å². The molecule has 6 heteroatoms. The lowest BCUT2D eigenvalue weighted by molar-refractivity contribution is -0.134. The zero-order valence-corrected chi connectivity index (χ0v) is 15.2. The van der Waals surface area contributed by atoms with E-state index in [0.717, 1.165) is 38.4 Å². The highest BCUT2D eigenvalue weighted by Gasteiger charge is 2.23. The monoisotopic (exact) mass is 333 g/mol. The van der Waals surface area contributed by atoms with Crippen molar-refractivity contribution >= 4 is 24.2 Å². The SMILES string of the molecule is CNCCC1CCN(C(=O)CNC(=O)CC(C)(C)C)CC1.Cl. The zero-order valence-electron chi connectivity index (χ0n) is 14.4. The van der Waals surface area contributed by atoms with Crippen molar-refractivity contribution < 1.29 is 9.59 Å². The normalized spacial score (nSPS) is 16.1. The molecule has 5 nitrogen and oxygen atoms in total. The molecule has 0 aromatic heterocycles. The lowest BCUT2D eigenvalue weighted by Crippen LogP contribution is -2.44. The molecule has 1 saturated heterocycles. The predicted octanol–water partition coefficient (Wildman–Crippen LogP) is 1.81. The second-order valence-corrected chi connectivity index (χ2v) is 7.23. The van der Waals surface area contributed by atoms with Crippen LogP contribution in [0.4, 0.5) is 0 Å². The number of hydrogen-bond acceptors (Lipinski definition) is 3. The average molecular weight is 334 g/mol. The molecule has 130 valence electrons. The third kappa shape index (κ3) is 8.59. The van der Waals surface area contributed by atoms with Gasteiger partial charge in [0.05, 0.1) is 6.54 Å². The summed E-state index contributed by atoms with van der Waals surface area (Å²) in [6.07, 6.45) is 3.78. The first-order valence-electron chi connectivity index (χ1n) is 8.01. The highest BCUT2D eigenvalue weighted by molar-refractivity contribution is 5.85. The van der Waals surface area contributed by atoms with E-state index in [1.54, 1.807) is 0 Å². The molecule has 1 aliphatic heterocycles. The molecule has 2 amide bonds. The van der Waals surface area contributed by atoms with Gasteiger partial charge in [0.15, 0.2) is 0 Å². The summed E-state index contributed by atoms with van der Waals surface area (Å²) in [6.45, 7) is 8.88. The number of carbonyl (C=O) groups is 2. The molecule has 0 saturated carbocycles. The van der Waals surface area contributed by atoms with Gasteiger partial charge in [0, 0.05) is 19.5 Å². The lowest BCUT2D eigenvalue weighted by atomic mass is 9.92. The summed E-state index contributed by atoms with van der Waals surface area (Å²) in [6, 6.07) is 0. The number of rotatable bonds is 6. The van der Waals surface area contributed by atoms with Crippen molar-refractivity contribution in [2.75, 3.05) is 33.2 Å². The van der Waals surface area contributed by atoms with Crippen LogP contribution in [0.2, 0.25) is 0 Å². The predicted molar refractivity (Wildman–Crippen MR) is 92.2 cm³/mol. The van der Waals surface area contributed by atoms with E-state index in [9.17, 15) is 9.59 Å². The molecule has 0 aromatic rings. The number of hydrogen-bond donors (Lipinski definition) is 2. The fraction of sp³-hybridized carbons (Fsp3) is 0.875. The third-order valence-corrected chi connectivity index (χ3v) is 3.90. The van der Waals surface area contributed by atoms with Gasteiger partial charge in [0.1, 0.15) is 0 Å². The Hall–Kier alpha value is -0.810. The molecular formula is C16H32ClN3O2. The van der Waals surface area contributed by atoms with Crippen LogP contribution in [0.5, 0.6) is 0 Å². The van der Waals surface area contributed by atoms with E-state index in [1.165, 1.54) is 6.42 Å². The molecule has 0 radical (unpaired) electrons. The molecular weight excluding hydrogens is 302 g/mol. The number of carbonyl (C=O) groups excluding carboxylic acids is 2. The number of halogens is 1. The Kier molecular flexibility index (Phi) is 9.69. The van der Waals surface area contributed by atoms with Crippen molar-refractivity contribution in [3.63, 3.8) is 0 Å². The Balaban J connectivity index is 0.00000441. The summed E-state index contributed by atoms with van der Waals surface area (Å²) in [5.74, 6) is 0.723. The molecule has 1 fully saturated rings. The van der Waals surface area contributed by atoms with Crippen LogP contribution in [0.15, 0.2) is 0 Å². The smallest absolute Gasteiger partial charge is 0.241 e. The lowest BCUT2D eigenvalue weighted by Gasteiger charge is -2.32. The fourth-order valence-electron chi connectivity index (χ4n) is 2.65. The summed E-state index contributed by atoms with van der Waals surface area (Å²) in [4.78, 5) is 25.7. The van der Waals surface area contributed by atoms with Crippen molar-refractivity contribution in [1.29, 1.82) is 0 Å². The number of nitrogens with one attached hydrogen (secondary N) is 2. The summed E-state index contributed by atoms with van der Waals surface area (Å²) >= 11 is 0. The van der Waals surface area contributed by atoms with Gasteiger partial charge in [0.25, 0.3) is 0 Å². The standard InChI is InChI=1S/C16H31N3O2.ClH/c1-16(2,3)11-14(20)18-12-15(21)19-9-6-13(7-10-19)5-8-17-4;/h13,17H,5-12H2,1-4H3,(H,18,20);1H. The minimum absolute atomic E-state index is 0. The molecule has 0 atom stereocenters. The Morgan fingerprint density at radius 2 is 1.77 bits per heavy atom. The summed E-state index contributed by atoms with van der Waals surface area (Å²) in [5.41, 5.74) is -0.0429. The van der Waals surface area contributed by atoms with Gasteiger partial charge in [-0.3, -0.25) is 9.59 Å². The van der Waals surface area contributed by atoms with Gasteiger partial charge in [-0.2, -0.15) is 0 Å². The van der Waals surface area contributed by atoms with E-state index in [2.05, 4.69) is 10.6 Å². The van der Waals surface area contributed by atoms with E-state index in [4.69, 9.17) is 0 Å². The Morgan fingerprint density at radius 3 is 2.27 bits per heavy atom. The zero-order chi connectivity index (χ0) is 15.9. The Bertz CT molecular complexity index is 348. The quantitative estimate of drug-likeness (QED) is 0.779. The van der Waals surface area contributed by atoms with E-state index in [0.29, 0.717) is 6.42 Å². The van der Waals surface area contributed by atoms with Crippen molar-refractivity contribution in [2.24, 2.45) is 11.3 Å². The van der Waals surface area contributed by atoms with Gasteiger partial charge in [-0.05, 0) is 44.2 Å². The van der Waals surface area contributed by atoms with Crippen LogP contribution in [-0.4, -0.2) is 49.9 Å². The van der Waals surface area contributed by atoms with Crippen LogP contribution in [0, 0.1) is 11.3 Å². The molecule has 22 heavy (non-hydrogen) atoms. The Labute approximate surface area is 141 Å². The topological polar surface area (TPSA) is 61.4 Å². The van der Waals surface area contributed by atoms with E-state index >= 15 is 0 Å². The second kappa shape index (κ2) is 10.1. The molecule has 2 N–H and O–H groups in total. The first-order valence-corrected chi connectivity index (χ1v) is 8.01. The molecule has 0 aliphatic carbocycles. The van der Waals surface area contributed by atoms with E-state index in [1.807, 2.05) is 32.7 Å². The summed E-state index contributed by atoms with van der Waals surface area (Å²) in [7, 11) is 1.97. The molecule has 1 aliphatic rings. The molecule has 0 aromatic carbocycles. The Morgan fingerprint density at radius 1 is 1.18 bits per heavy atom. The second-order valence-electron chi connectivity index (χ2n) is 7.23. The first-order chi connectivity index (χ1) is 9.81. The van der Waals surface area contributed by atoms with E-state index < -0.39 is 0 Å². The van der Waals surface area contributed by atoms with Crippen molar-refractivity contribution in [2.45, 2.75) is 46.5 Å². The van der Waals surface area contributed by atoms with Crippen LogP contribution in [-0.2, 0) is 9.59 Å². The minimum atomic E-state index is -0.0429. The van der Waals surface area contributed by atoms with E-state index in [-0.39, 0.29) is 36.2 Å². The minimum Gasteiger partial charge on any atom is -0.347 e. The van der Waals surface area contributed by atoms with Crippen LogP contribution in [0.25, 0.3) is 0 Å². The van der Waals surface area contributed by atoms with Gasteiger partial charge < -0.3 is 15.5 Å². The number of amides is 2. The molecule has 1 heterocycles. The number of likely N-dealkylation sites (tertiary alicyclic amines) is 1. The number of nitrogens with zero attached hydrogens (tertiary/aromatic N) is 1. The van der Waals surface area contributed by atoms with Gasteiger partial charge in [-0.25, -0.2) is 0 Å². The fourth-order valence-corrected chi connectivity index (χ4v) is 2.65. The van der Waals surface area contributed by atoms with Gasteiger partial charge in [0.2, 0.25) is 11.8 Å². The summed E-state index contributed by atoms with van der Waals surface area (Å²) < 4.78 is 0. The van der Waals surface area contributed by atoms with Crippen LogP contribution >= 0.6 is 12.4 Å². The maximum absolute atomic E-state index is 12.1. The van der Waals surface area contributed by atoms with Crippen molar-refractivity contribution in [3.05, 3.63) is 0 Å². The molecule has 0 unspecified atom stereocenters. The highest BCUT2D eigenvalue weighted by atomic mass is 35.5. The van der Waals surface area contributed by atoms with Crippen LogP contribution < -0.4 is 10.6 Å². The van der Waals surface area contributed by atoms with Gasteiger partial charge in [-0.15, -0.1) is 12.4 Å². The number of piperidine rings is 1. The third-order valence-electron chi connectivity index (χ3n) is 3.90. The van der Waals surface area contributed by atoms with Crippen LogP contribution in [0.3, 0.4) is 0 Å². The molecule has 1 rings (SSSR count).